The fourth-order valence-electron chi connectivity index (χ4n) is 12.3. The number of hydrogen-bond donors (Lipinski definition) is 8. The van der Waals surface area contributed by atoms with Crippen LogP contribution in [0.3, 0.4) is 0 Å². The molecule has 0 spiro atoms. The highest BCUT2D eigenvalue weighted by molar-refractivity contribution is 8.77. The van der Waals surface area contributed by atoms with Crippen LogP contribution in [0.25, 0.3) is 0 Å². The number of carbonyl (C=O) groups excluding carboxylic acids is 12. The predicted octanol–water partition coefficient (Wildman–Crippen LogP) is 17.4. The van der Waals surface area contributed by atoms with Crippen LogP contribution in [0.15, 0.2) is 58.8 Å². The van der Waals surface area contributed by atoms with Gasteiger partial charge in [0.15, 0.2) is 0 Å². The van der Waals surface area contributed by atoms with E-state index in [4.69, 9.17) is 23.4 Å². The van der Waals surface area contributed by atoms with Crippen LogP contribution in [0.5, 0.6) is 0 Å². The normalized spacial score (nSPS) is 17.6. The van der Waals surface area contributed by atoms with Gasteiger partial charge in [0.2, 0.25) is 35.4 Å². The second kappa shape index (κ2) is 82.3. The number of amides is 6. The summed E-state index contributed by atoms with van der Waals surface area (Å²) in [5.41, 5.74) is 0. The largest absolute Gasteiger partial charge is 0.481 e. The molecular weight excluding hydrogens is 1980 g/mol. The second-order valence-corrected chi connectivity index (χ2v) is 49.4. The van der Waals surface area contributed by atoms with Crippen molar-refractivity contribution in [3.63, 3.8) is 0 Å². The zero-order valence-electron chi connectivity index (χ0n) is 83.8. The van der Waals surface area contributed by atoms with E-state index in [1.165, 1.54) is 43.0 Å². The Kier molecular flexibility index (Phi) is 76.8. The molecule has 14 unspecified atom stereocenters. The Morgan fingerprint density at radius 3 is 0.866 bits per heavy atom. The molecule has 2 heterocycles. The molecule has 0 aliphatic heterocycles. The van der Waals surface area contributed by atoms with Crippen LogP contribution in [0.2, 0.25) is 0 Å². The summed E-state index contributed by atoms with van der Waals surface area (Å²) < 4.78 is 33.4. The lowest BCUT2D eigenvalue weighted by Gasteiger charge is -2.37. The number of hydrogen-bond acceptors (Lipinski definition) is 33. The van der Waals surface area contributed by atoms with Gasteiger partial charge in [-0.1, -0.05) is 134 Å². The third kappa shape index (κ3) is 61.0. The summed E-state index contributed by atoms with van der Waals surface area (Å²) in [7, 11) is 20.2. The maximum absolute atomic E-state index is 13.3. The molecule has 0 saturated heterocycles. The average molecular weight is 2140 g/mol. The van der Waals surface area contributed by atoms with Gasteiger partial charge in [-0.05, 0) is 137 Å². The van der Waals surface area contributed by atoms with E-state index in [2.05, 4.69) is 48.8 Å². The number of ether oxygens (including phenoxy) is 3. The number of rotatable bonds is 77. The van der Waals surface area contributed by atoms with E-state index >= 15 is 0 Å². The SMILES string of the molecule is CCC(CSC1CCC1SCC(CC(=O)CCOCCC(C)=O)C(=O)NCCSSc1ccccn1)C(=O)NCCSSc1ccccn1.CCC(CSC1CCC1SCC(CC(=O)CCOCCC(C)=O)C(=O)O)C(=O)O.CCC(CSSCCNC(=O)C(CC)CSC1CCC1SCC(CC(=O)CCOCCC(C)=O)C(=O)NCCSSCC(CC)C(=O)NC)C(=O)NC.[2H]C.[2H]C.[2H]C. The minimum Gasteiger partial charge on any atom is -0.481 e. The van der Waals surface area contributed by atoms with Crippen molar-refractivity contribution in [3.05, 3.63) is 48.8 Å². The third-order valence-corrected chi connectivity index (χ3v) is 40.9. The Hall–Kier alpha value is -3.14. The molecule has 3 saturated carbocycles. The first-order valence-electron chi connectivity index (χ1n) is 48.5. The molecule has 5 rings (SSSR count). The number of aliphatic carboxylic acids is 2. The summed E-state index contributed by atoms with van der Waals surface area (Å²) in [5, 5.41) is 40.4. The van der Waals surface area contributed by atoms with E-state index in [0.29, 0.717) is 131 Å². The molecule has 2 aromatic heterocycles. The van der Waals surface area contributed by atoms with E-state index in [0.717, 1.165) is 109 Å². The van der Waals surface area contributed by atoms with Crippen molar-refractivity contribution in [2.24, 2.45) is 47.3 Å². The molecule has 0 bridgehead atoms. The monoisotopic (exact) mass is 2140 g/mol. The van der Waals surface area contributed by atoms with E-state index in [-0.39, 0.29) is 165 Å². The number of carboxylic acids is 2. The second-order valence-electron chi connectivity index (χ2n) is 31.7. The van der Waals surface area contributed by atoms with E-state index in [1.807, 2.05) is 87.6 Å². The van der Waals surface area contributed by atoms with Crippen molar-refractivity contribution in [3.8, 4) is 0 Å². The highest BCUT2D eigenvalue weighted by atomic mass is 33.1. The number of nitrogens with one attached hydrogen (secondary N) is 6. The summed E-state index contributed by atoms with van der Waals surface area (Å²) in [6.07, 6.45) is 15.5. The third-order valence-electron chi connectivity index (χ3n) is 21.4. The zero-order chi connectivity index (χ0) is 102. The maximum Gasteiger partial charge on any atom is 0.307 e. The molecule has 134 heavy (non-hydrogen) atoms. The van der Waals surface area contributed by atoms with Crippen LogP contribution >= 0.6 is 157 Å². The average Bonchev–Trinajstić information content (AvgIpc) is 0.852. The summed E-state index contributed by atoms with van der Waals surface area (Å²) in [5.74, 6) is 4.33. The van der Waals surface area contributed by atoms with Gasteiger partial charge in [0.1, 0.15) is 44.8 Å². The number of pyridine rings is 2. The van der Waals surface area contributed by atoms with Crippen LogP contribution < -0.4 is 31.9 Å². The predicted molar refractivity (Wildman–Crippen MR) is 576 cm³/mol. The van der Waals surface area contributed by atoms with Crippen molar-refractivity contribution in [2.75, 3.05) is 149 Å². The number of thioether (sulfide) groups is 6. The Bertz CT molecular complexity index is 3670. The smallest absolute Gasteiger partial charge is 0.307 e. The summed E-state index contributed by atoms with van der Waals surface area (Å²) in [6.45, 7) is 18.3. The Balaban J connectivity index is 0.00000204. The van der Waals surface area contributed by atoms with Gasteiger partial charge >= 0.3 is 11.9 Å². The Morgan fingerprint density at radius 2 is 0.604 bits per heavy atom. The fraction of sp³-hybridized carbons (Fsp3) is 0.742. The lowest BCUT2D eigenvalue weighted by Crippen LogP contribution is -2.38. The van der Waals surface area contributed by atoms with Gasteiger partial charge in [0.25, 0.3) is 0 Å². The van der Waals surface area contributed by atoms with Crippen molar-refractivity contribution < 1.29 is 95.7 Å². The van der Waals surface area contributed by atoms with E-state index < -0.39 is 29.7 Å². The molecule has 3 aliphatic rings. The first-order valence-corrected chi connectivity index (χ1v) is 61.4. The van der Waals surface area contributed by atoms with Gasteiger partial charge < -0.3 is 56.3 Å². The van der Waals surface area contributed by atoms with E-state index in [1.54, 1.807) is 160 Å². The maximum atomic E-state index is 13.3. The standard InChI is InChI=1S/C36H64N4O7S6.C34H48N4O5S6.C20H32O7S2.3CH4/c1-7-26(35(45)39-14-18-50-52-23-27(8-2)33(43)37-5)21-48-31-10-11-32(31)49-22-29(20-30(42)13-17-47-16-12-25(4)41)36(46)40-15-19-51-53-24-28(9-3)34(44)38-6;1-3-26(33(41)37-16-20-46-48-31-8-4-6-14-35-31)23-44-29-10-11-30(29)45-24-27(22-28(40)13-19-43-18-12-25(2)39)34(42)38-17-21-47-49-32-9-5-7-15-36-32;1-3-14(19(23)24)11-28-17-4-5-18(17)29-12-15(20(25)26)10-16(22)7-9-27-8-6-13(2)21;;;/h26-29,31-32H,7-24H2,1-6H3,(H,37,43)(H,38,44)(H,39,45)(H,40,46);4-9,14-15,26-27,29-30H,3,10-13,16-24H2,1-2H3,(H,37,41)(H,38,42);14-15,17-18H,3-12H2,1-2H3,(H,23,24)(H,25,26);3*1H4/i;;;3*1D. The van der Waals surface area contributed by atoms with Crippen LogP contribution in [0.1, 0.15) is 210 Å². The molecule has 27 nitrogen and oxygen atoms in total. The molecule has 0 radical (unpaired) electrons. The molecule has 6 amide bonds. The van der Waals surface area contributed by atoms with Crippen molar-refractivity contribution in [1.29, 1.82) is 0 Å². The van der Waals surface area contributed by atoms with Crippen LogP contribution in [0.4, 0.5) is 0 Å². The molecule has 3 aliphatic carbocycles. The molecule has 2 aromatic rings. The fourth-order valence-corrected chi connectivity index (χ4v) is 30.7. The minimum absolute atomic E-state index is 0.00361. The van der Waals surface area contributed by atoms with Crippen molar-refractivity contribution >= 4 is 239 Å². The Morgan fingerprint density at radius 1 is 0.351 bits per heavy atom. The molecule has 0 aromatic carbocycles. The number of carbonyl (C=O) groups is 14. The highest BCUT2D eigenvalue weighted by Gasteiger charge is 2.38. The lowest BCUT2D eigenvalue weighted by atomic mass is 9.99. The van der Waals surface area contributed by atoms with Crippen molar-refractivity contribution in [1.82, 2.24) is 41.9 Å². The molecule has 14 atom stereocenters. The highest BCUT2D eigenvalue weighted by Crippen LogP contribution is 2.45. The number of aromatic nitrogens is 2. The number of nitrogens with zero attached hydrogens (tertiary/aromatic N) is 2. The summed E-state index contributed by atoms with van der Waals surface area (Å²) in [4.78, 5) is 178. The van der Waals surface area contributed by atoms with Gasteiger partial charge in [-0.15, -0.1) is 0 Å². The minimum atomic E-state index is -0.969. The number of Topliss-reactive ketones (excluding diaryl/α,β-unsaturated/α-hetero) is 6. The molecule has 3 fully saturated rings. The van der Waals surface area contributed by atoms with Crippen molar-refractivity contribution in [2.45, 2.75) is 248 Å². The topological polar surface area (TPSA) is 405 Å². The Labute approximate surface area is 861 Å². The lowest BCUT2D eigenvalue weighted by molar-refractivity contribution is -0.143. The molecule has 8 N–H and O–H groups in total. The van der Waals surface area contributed by atoms with Gasteiger partial charge in [0.05, 0.1) is 63.3 Å². The van der Waals surface area contributed by atoms with Crippen LogP contribution in [-0.4, -0.2) is 283 Å². The number of ketones is 6. The summed E-state index contributed by atoms with van der Waals surface area (Å²) >= 11 is 10.5. The van der Waals surface area contributed by atoms with E-state index in [9.17, 15) is 72.2 Å². The van der Waals surface area contributed by atoms with Gasteiger partial charge in [-0.2, -0.15) is 70.6 Å². The zero-order valence-corrected chi connectivity index (χ0v) is 92.3. The molecular formula is C93H156N8O19S14. The van der Waals surface area contributed by atoms with Gasteiger partial charge in [-0.25, -0.2) is 9.97 Å². The van der Waals surface area contributed by atoms with Gasteiger partial charge in [0, 0.05) is 239 Å². The molecule has 766 valence electrons. The summed E-state index contributed by atoms with van der Waals surface area (Å²) in [6, 6.07) is 11.6. The van der Waals surface area contributed by atoms with Gasteiger partial charge in [-0.3, -0.25) is 67.1 Å². The first-order chi connectivity index (χ1) is 66.1. The van der Waals surface area contributed by atoms with Crippen LogP contribution in [-0.2, 0) is 81.3 Å². The molecule has 41 heteroatoms. The first kappa shape index (κ1) is 125. The van der Waals surface area contributed by atoms with Crippen LogP contribution in [0, 0.1) is 47.3 Å². The number of carboxylic acid groups (broad SMARTS) is 2. The quantitative estimate of drug-likeness (QED) is 0.0225.